The summed E-state index contributed by atoms with van der Waals surface area (Å²) in [5.41, 5.74) is 10.3. The second-order valence-electron chi connectivity index (χ2n) is 14.1. The molecule has 6 aromatic rings. The van der Waals surface area contributed by atoms with E-state index in [1.54, 1.807) is 57.3 Å². The summed E-state index contributed by atoms with van der Waals surface area (Å²) >= 11 is 13.7. The van der Waals surface area contributed by atoms with Crippen LogP contribution in [0.15, 0.2) is 116 Å². The molecule has 58 heavy (non-hydrogen) atoms. The number of nitrogens with one attached hydrogen (secondary N) is 2. The molecule has 2 saturated heterocycles. The maximum absolute atomic E-state index is 14.6. The number of nitrogens with two attached hydrogens (primary N) is 1. The zero-order valence-electron chi connectivity index (χ0n) is 31.1. The van der Waals surface area contributed by atoms with Gasteiger partial charge in [0.15, 0.2) is 5.13 Å². The lowest BCUT2D eigenvalue weighted by Crippen LogP contribution is -2.66. The lowest BCUT2D eigenvalue weighted by molar-refractivity contribution is -0.157. The zero-order valence-corrected chi connectivity index (χ0v) is 33.4. The highest BCUT2D eigenvalue weighted by molar-refractivity contribution is 7.22. The number of hydrogen-bond donors (Lipinski definition) is 3. The Balaban J connectivity index is 1.06. The van der Waals surface area contributed by atoms with Crippen LogP contribution >= 0.6 is 34.5 Å². The van der Waals surface area contributed by atoms with Crippen LogP contribution in [-0.2, 0) is 29.1 Å². The van der Waals surface area contributed by atoms with Gasteiger partial charge in [0.1, 0.15) is 12.2 Å². The molecule has 0 unspecified atom stereocenters. The molecule has 2 aliphatic heterocycles. The maximum Gasteiger partial charge on any atom is 0.332 e. The van der Waals surface area contributed by atoms with E-state index in [9.17, 15) is 19.2 Å². The number of carbonyl (C=O) groups excluding carboxylic acids is 4. The minimum atomic E-state index is -0.892. The predicted molar refractivity (Wildman–Crippen MR) is 228 cm³/mol. The minimum absolute atomic E-state index is 0.104. The van der Waals surface area contributed by atoms with Gasteiger partial charge in [0, 0.05) is 30.8 Å². The van der Waals surface area contributed by atoms with Gasteiger partial charge in [-0.3, -0.25) is 19.4 Å². The molecular formula is C43H38Cl2N8O4S. The molecule has 0 aliphatic carbocycles. The number of nitrogens with zero attached hydrogens (tertiary/aromatic N) is 5. The third-order valence-electron chi connectivity index (χ3n) is 10.4. The monoisotopic (exact) mass is 832 g/mol. The highest BCUT2D eigenvalue weighted by Crippen LogP contribution is 2.33. The topological polar surface area (TPSA) is 144 Å². The van der Waals surface area contributed by atoms with Crippen LogP contribution in [0.3, 0.4) is 0 Å². The van der Waals surface area contributed by atoms with Crippen LogP contribution in [0, 0.1) is 0 Å². The highest BCUT2D eigenvalue weighted by Gasteiger charge is 2.52. The van der Waals surface area contributed by atoms with Crippen molar-refractivity contribution in [2.45, 2.75) is 31.7 Å². The number of hydrazine groups is 1. The number of halogens is 2. The summed E-state index contributed by atoms with van der Waals surface area (Å²) in [6, 6.07) is 30.1. The largest absolute Gasteiger partial charge is 0.375 e. The first-order valence-electron chi connectivity index (χ1n) is 18.6. The van der Waals surface area contributed by atoms with Crippen molar-refractivity contribution in [3.63, 3.8) is 0 Å². The number of urea groups is 1. The summed E-state index contributed by atoms with van der Waals surface area (Å²) in [5.74, 6) is -0.766. The van der Waals surface area contributed by atoms with Crippen LogP contribution in [0.1, 0.15) is 27.0 Å². The number of para-hydroxylation sites is 1. The van der Waals surface area contributed by atoms with Crippen molar-refractivity contribution in [3.8, 4) is 0 Å². The third kappa shape index (κ3) is 7.81. The van der Waals surface area contributed by atoms with Gasteiger partial charge in [0.2, 0.25) is 11.8 Å². The Morgan fingerprint density at radius 2 is 1.71 bits per heavy atom. The van der Waals surface area contributed by atoms with Gasteiger partial charge in [0.25, 0.3) is 5.91 Å². The van der Waals surface area contributed by atoms with Crippen LogP contribution in [0.2, 0.25) is 10.0 Å². The number of hydrogen-bond acceptors (Lipinski definition) is 8. The molecule has 12 nitrogen and oxygen atoms in total. The normalized spacial score (nSPS) is 16.8. The third-order valence-corrected chi connectivity index (χ3v) is 12.0. The number of nitrogen functional groups attached to an aromatic ring is 1. The summed E-state index contributed by atoms with van der Waals surface area (Å²) in [5, 5.41) is 12.1. The number of thiazole rings is 1. The fourth-order valence-electron chi connectivity index (χ4n) is 7.66. The predicted octanol–water partition coefficient (Wildman–Crippen LogP) is 7.33. The average molecular weight is 834 g/mol. The molecule has 0 bridgehead atoms. The molecule has 2 fully saturated rings. The van der Waals surface area contributed by atoms with E-state index in [2.05, 4.69) is 22.2 Å². The van der Waals surface area contributed by atoms with E-state index in [4.69, 9.17) is 28.9 Å². The van der Waals surface area contributed by atoms with E-state index < -0.39 is 18.2 Å². The SMILES string of the molecule is C=CCN(C(=O)NCc1ccc(Cl)c(Cl)c1)N1CC(=O)N2[C@@H](Cc3ccc(NC(=O)c4cccc5ccccc45)cc3)C(=O)N(Cc3cccc4sc(N)nc34)C[C@@H]21. The number of benzene rings is 5. The molecular weight excluding hydrogens is 795 g/mol. The van der Waals surface area contributed by atoms with Crippen LogP contribution in [-0.4, -0.2) is 80.4 Å². The molecule has 15 heteroatoms. The Bertz CT molecular complexity index is 2580. The lowest BCUT2D eigenvalue weighted by Gasteiger charge is -2.46. The quantitative estimate of drug-likeness (QED) is 0.116. The average Bonchev–Trinajstić information content (AvgIpc) is 3.77. The van der Waals surface area contributed by atoms with E-state index in [-0.39, 0.29) is 56.9 Å². The van der Waals surface area contributed by atoms with Crippen LogP contribution in [0.4, 0.5) is 15.6 Å². The molecule has 0 spiro atoms. The molecule has 2 aliphatic rings. The molecule has 294 valence electrons. The van der Waals surface area contributed by atoms with Crippen molar-refractivity contribution >= 4 is 90.1 Å². The molecule has 0 radical (unpaired) electrons. The number of anilines is 2. The fraction of sp³-hybridized carbons (Fsp3) is 0.186. The van der Waals surface area contributed by atoms with Crippen molar-refractivity contribution in [2.24, 2.45) is 0 Å². The smallest absolute Gasteiger partial charge is 0.332 e. The van der Waals surface area contributed by atoms with Gasteiger partial charge in [-0.15, -0.1) is 6.58 Å². The molecule has 3 heterocycles. The van der Waals surface area contributed by atoms with Gasteiger partial charge in [-0.1, -0.05) is 107 Å². The summed E-state index contributed by atoms with van der Waals surface area (Å²) < 4.78 is 0.902. The second kappa shape index (κ2) is 16.5. The van der Waals surface area contributed by atoms with E-state index >= 15 is 0 Å². The Labute approximate surface area is 348 Å². The maximum atomic E-state index is 14.6. The fourth-order valence-corrected chi connectivity index (χ4v) is 8.76. The number of rotatable bonds is 11. The van der Waals surface area contributed by atoms with Gasteiger partial charge in [-0.25, -0.2) is 9.78 Å². The molecule has 5 amide bonds. The molecule has 1 aromatic heterocycles. The molecule has 5 aromatic carbocycles. The summed E-state index contributed by atoms with van der Waals surface area (Å²) in [4.78, 5) is 63.7. The first-order valence-corrected chi connectivity index (χ1v) is 20.1. The summed E-state index contributed by atoms with van der Waals surface area (Å²) in [6.07, 6.45) is 1.11. The van der Waals surface area contributed by atoms with E-state index in [0.29, 0.717) is 31.9 Å². The first-order chi connectivity index (χ1) is 28.1. The molecule has 0 saturated carbocycles. The number of carbonyl (C=O) groups is 4. The number of fused-ring (bicyclic) bond motifs is 3. The number of amides is 5. The highest BCUT2D eigenvalue weighted by atomic mass is 35.5. The van der Waals surface area contributed by atoms with Gasteiger partial charge in [0.05, 0.1) is 39.9 Å². The Kier molecular flexibility index (Phi) is 11.0. The van der Waals surface area contributed by atoms with Crippen molar-refractivity contribution < 1.29 is 19.2 Å². The second-order valence-corrected chi connectivity index (χ2v) is 16.0. The van der Waals surface area contributed by atoms with E-state index in [1.807, 2.05) is 66.7 Å². The van der Waals surface area contributed by atoms with Crippen LogP contribution in [0.5, 0.6) is 0 Å². The van der Waals surface area contributed by atoms with E-state index in [0.717, 1.165) is 32.2 Å². The first kappa shape index (κ1) is 38.9. The van der Waals surface area contributed by atoms with Gasteiger partial charge >= 0.3 is 6.03 Å². The van der Waals surface area contributed by atoms with Crippen LogP contribution in [0.25, 0.3) is 21.0 Å². The number of piperazine rings is 1. The standard InChI is InChI=1S/C43H38Cl2N8O4S/c1-2-19-51(43(57)47-22-27-15-18-33(44)34(45)20-27)52-25-38(54)53-35(41(56)50(24-37(52)53)23-29-9-6-12-36-39(29)49-42(46)58-36)21-26-13-16-30(17-14-26)48-40(55)32-11-5-8-28-7-3-4-10-31(28)32/h2-18,20,35,37H,1,19,21-25H2,(H2,46,49)(H,47,57)(H,48,55)/t35-,37+/m0/s1. The lowest BCUT2D eigenvalue weighted by atomic mass is 9.99. The number of aromatic nitrogens is 1. The Morgan fingerprint density at radius 3 is 2.50 bits per heavy atom. The van der Waals surface area contributed by atoms with Crippen molar-refractivity contribution in [3.05, 3.63) is 148 Å². The van der Waals surface area contributed by atoms with Crippen molar-refractivity contribution in [1.82, 2.24) is 30.1 Å². The van der Waals surface area contributed by atoms with Crippen molar-refractivity contribution in [1.29, 1.82) is 0 Å². The Hall–Kier alpha value is -5.99. The zero-order chi connectivity index (χ0) is 40.5. The van der Waals surface area contributed by atoms with Gasteiger partial charge in [-0.2, -0.15) is 5.01 Å². The Morgan fingerprint density at radius 1 is 0.948 bits per heavy atom. The van der Waals surface area contributed by atoms with Crippen LogP contribution < -0.4 is 16.4 Å². The summed E-state index contributed by atoms with van der Waals surface area (Å²) in [7, 11) is 0. The minimum Gasteiger partial charge on any atom is -0.375 e. The van der Waals surface area contributed by atoms with Gasteiger partial charge < -0.3 is 26.2 Å². The summed E-state index contributed by atoms with van der Waals surface area (Å²) in [6.45, 7) is 4.35. The van der Waals surface area contributed by atoms with Gasteiger partial charge in [-0.05, 0) is 63.9 Å². The molecule has 4 N–H and O–H groups in total. The van der Waals surface area contributed by atoms with E-state index in [1.165, 1.54) is 16.3 Å². The van der Waals surface area contributed by atoms with Crippen molar-refractivity contribution in [2.75, 3.05) is 30.7 Å². The molecule has 2 atom stereocenters. The molecule has 8 rings (SSSR count).